The van der Waals surface area contributed by atoms with Gasteiger partial charge in [0.1, 0.15) is 0 Å². The molecule has 5 heteroatoms. The molecule has 1 aliphatic heterocycles. The van der Waals surface area contributed by atoms with Crippen LogP contribution in [-0.4, -0.2) is 25.5 Å². The number of aryl methyl sites for hydroxylation is 1. The molecule has 1 aliphatic rings. The molecule has 0 fully saturated rings. The van der Waals surface area contributed by atoms with Gasteiger partial charge in [0, 0.05) is 12.2 Å². The Hall–Kier alpha value is -2.33. The quantitative estimate of drug-likeness (QED) is 0.799. The first-order chi connectivity index (χ1) is 11.6. The third-order valence-electron chi connectivity index (χ3n) is 4.19. The predicted octanol–water partition coefficient (Wildman–Crippen LogP) is 3.65. The average molecular weight is 344 g/mol. The second-order valence-corrected chi connectivity index (χ2v) is 6.16. The number of rotatable bonds is 3. The number of halogens is 1. The van der Waals surface area contributed by atoms with E-state index in [1.165, 1.54) is 7.11 Å². The molecular weight excluding hydrogens is 326 g/mol. The van der Waals surface area contributed by atoms with Gasteiger partial charge in [-0.05, 0) is 42.2 Å². The van der Waals surface area contributed by atoms with E-state index in [4.69, 9.17) is 16.3 Å². The molecule has 0 unspecified atom stereocenters. The highest BCUT2D eigenvalue weighted by Gasteiger charge is 2.25. The molecule has 1 heterocycles. The van der Waals surface area contributed by atoms with Crippen LogP contribution in [0, 0.1) is 0 Å². The predicted molar refractivity (Wildman–Crippen MR) is 93.6 cm³/mol. The zero-order valence-electron chi connectivity index (χ0n) is 13.4. The van der Waals surface area contributed by atoms with Crippen LogP contribution in [0.3, 0.4) is 0 Å². The van der Waals surface area contributed by atoms with Gasteiger partial charge in [0.2, 0.25) is 0 Å². The zero-order valence-corrected chi connectivity index (χ0v) is 14.2. The highest BCUT2D eigenvalue weighted by Crippen LogP contribution is 2.31. The Morgan fingerprint density at radius 3 is 2.75 bits per heavy atom. The van der Waals surface area contributed by atoms with Gasteiger partial charge in [-0.1, -0.05) is 35.9 Å². The molecule has 0 saturated carbocycles. The number of hydrogen-bond donors (Lipinski definition) is 0. The number of fused-ring (bicyclic) bond motifs is 1. The lowest BCUT2D eigenvalue weighted by atomic mass is 9.97. The van der Waals surface area contributed by atoms with E-state index in [0.717, 1.165) is 29.7 Å². The van der Waals surface area contributed by atoms with E-state index in [0.29, 0.717) is 17.1 Å². The van der Waals surface area contributed by atoms with Gasteiger partial charge in [0.05, 0.1) is 24.1 Å². The van der Waals surface area contributed by atoms with Crippen molar-refractivity contribution in [1.29, 1.82) is 0 Å². The number of carbonyl (C=O) groups is 2. The van der Waals surface area contributed by atoms with E-state index in [9.17, 15) is 9.59 Å². The molecule has 4 nitrogen and oxygen atoms in total. The van der Waals surface area contributed by atoms with Crippen LogP contribution in [0.4, 0.5) is 5.69 Å². The number of hydrogen-bond acceptors (Lipinski definition) is 3. The topological polar surface area (TPSA) is 46.6 Å². The lowest BCUT2D eigenvalue weighted by molar-refractivity contribution is -0.139. The number of carbonyl (C=O) groups excluding carboxylic acids is 2. The van der Waals surface area contributed by atoms with Crippen LogP contribution in [0.1, 0.15) is 27.9 Å². The SMILES string of the molecule is COC(=O)Cc1ccc2c(c1)N(C(=O)c1ccccc1Cl)CCC2. The van der Waals surface area contributed by atoms with Crippen LogP contribution in [0.25, 0.3) is 0 Å². The molecule has 0 N–H and O–H groups in total. The minimum absolute atomic E-state index is 0.114. The molecule has 2 aromatic rings. The first-order valence-electron chi connectivity index (χ1n) is 7.85. The van der Waals surface area contributed by atoms with E-state index >= 15 is 0 Å². The molecule has 0 radical (unpaired) electrons. The fourth-order valence-corrected chi connectivity index (χ4v) is 3.18. The van der Waals surface area contributed by atoms with Gasteiger partial charge in [-0.2, -0.15) is 0 Å². The van der Waals surface area contributed by atoms with Crippen molar-refractivity contribution in [3.63, 3.8) is 0 Å². The number of methoxy groups -OCH3 is 1. The van der Waals surface area contributed by atoms with Gasteiger partial charge < -0.3 is 9.64 Å². The Balaban J connectivity index is 1.95. The number of anilines is 1. The molecule has 2 aromatic carbocycles. The minimum Gasteiger partial charge on any atom is -0.469 e. The molecule has 0 saturated heterocycles. The molecule has 0 spiro atoms. The smallest absolute Gasteiger partial charge is 0.309 e. The minimum atomic E-state index is -0.297. The summed E-state index contributed by atoms with van der Waals surface area (Å²) < 4.78 is 4.72. The molecule has 3 rings (SSSR count). The van der Waals surface area contributed by atoms with E-state index in [2.05, 4.69) is 0 Å². The molecule has 0 aliphatic carbocycles. The second-order valence-electron chi connectivity index (χ2n) is 5.76. The van der Waals surface area contributed by atoms with Crippen molar-refractivity contribution < 1.29 is 14.3 Å². The third-order valence-corrected chi connectivity index (χ3v) is 4.52. The summed E-state index contributed by atoms with van der Waals surface area (Å²) in [7, 11) is 1.37. The Labute approximate surface area is 146 Å². The molecule has 124 valence electrons. The van der Waals surface area contributed by atoms with Crippen molar-refractivity contribution in [3.8, 4) is 0 Å². The maximum Gasteiger partial charge on any atom is 0.309 e. The Kier molecular flexibility index (Phi) is 4.86. The third kappa shape index (κ3) is 3.29. The van der Waals surface area contributed by atoms with Crippen LogP contribution in [0.2, 0.25) is 5.02 Å². The fourth-order valence-electron chi connectivity index (χ4n) is 2.96. The van der Waals surface area contributed by atoms with Crippen molar-refractivity contribution in [2.45, 2.75) is 19.3 Å². The van der Waals surface area contributed by atoms with E-state index in [1.54, 1.807) is 29.2 Å². The summed E-state index contributed by atoms with van der Waals surface area (Å²) in [6, 6.07) is 12.9. The van der Waals surface area contributed by atoms with Gasteiger partial charge in [-0.25, -0.2) is 0 Å². The van der Waals surface area contributed by atoms with E-state index < -0.39 is 0 Å². The lowest BCUT2D eigenvalue weighted by Gasteiger charge is -2.30. The monoisotopic (exact) mass is 343 g/mol. The largest absolute Gasteiger partial charge is 0.469 e. The Morgan fingerprint density at radius 1 is 1.21 bits per heavy atom. The highest BCUT2D eigenvalue weighted by atomic mass is 35.5. The normalized spacial score (nSPS) is 13.3. The number of ether oxygens (including phenoxy) is 1. The zero-order chi connectivity index (χ0) is 17.1. The van der Waals surface area contributed by atoms with Crippen LogP contribution in [-0.2, 0) is 22.4 Å². The van der Waals surface area contributed by atoms with E-state index in [1.807, 2.05) is 18.2 Å². The molecule has 1 amide bonds. The van der Waals surface area contributed by atoms with Crippen molar-refractivity contribution in [1.82, 2.24) is 0 Å². The summed E-state index contributed by atoms with van der Waals surface area (Å²) >= 11 is 6.18. The van der Waals surface area contributed by atoms with Gasteiger partial charge in [-0.15, -0.1) is 0 Å². The van der Waals surface area contributed by atoms with Crippen molar-refractivity contribution in [2.75, 3.05) is 18.6 Å². The van der Waals surface area contributed by atoms with Crippen LogP contribution in [0.15, 0.2) is 42.5 Å². The summed E-state index contributed by atoms with van der Waals surface area (Å²) in [5.74, 6) is -0.411. The summed E-state index contributed by atoms with van der Waals surface area (Å²) in [6.07, 6.45) is 2.01. The molecule has 0 bridgehead atoms. The highest BCUT2D eigenvalue weighted by molar-refractivity contribution is 6.34. The van der Waals surface area contributed by atoms with Crippen LogP contribution >= 0.6 is 11.6 Å². The fraction of sp³-hybridized carbons (Fsp3) is 0.263. The maximum absolute atomic E-state index is 12.9. The van der Waals surface area contributed by atoms with Crippen LogP contribution < -0.4 is 4.90 Å². The molecular formula is C19H18ClNO3. The van der Waals surface area contributed by atoms with Gasteiger partial charge >= 0.3 is 5.97 Å². The molecule has 0 aromatic heterocycles. The first-order valence-corrected chi connectivity index (χ1v) is 8.23. The standard InChI is InChI=1S/C19H18ClNO3/c1-24-18(22)12-13-8-9-14-5-4-10-21(17(14)11-13)19(23)15-6-2-3-7-16(15)20/h2-3,6-9,11H,4-5,10,12H2,1H3. The van der Waals surface area contributed by atoms with Crippen molar-refractivity contribution in [2.24, 2.45) is 0 Å². The first kappa shape index (κ1) is 16.5. The van der Waals surface area contributed by atoms with Crippen molar-refractivity contribution >= 4 is 29.2 Å². The summed E-state index contributed by atoms with van der Waals surface area (Å²) in [4.78, 5) is 26.2. The Morgan fingerprint density at radius 2 is 2.00 bits per heavy atom. The summed E-state index contributed by atoms with van der Waals surface area (Å²) in [5.41, 5.74) is 3.28. The summed E-state index contributed by atoms with van der Waals surface area (Å²) in [5, 5.41) is 0.445. The maximum atomic E-state index is 12.9. The van der Waals surface area contributed by atoms with Gasteiger partial charge in [-0.3, -0.25) is 9.59 Å². The van der Waals surface area contributed by atoms with Crippen LogP contribution in [0.5, 0.6) is 0 Å². The number of nitrogens with zero attached hydrogens (tertiary/aromatic N) is 1. The number of benzene rings is 2. The number of amides is 1. The van der Waals surface area contributed by atoms with E-state index in [-0.39, 0.29) is 18.3 Å². The average Bonchev–Trinajstić information content (AvgIpc) is 2.61. The molecule has 0 atom stereocenters. The lowest BCUT2D eigenvalue weighted by Crippen LogP contribution is -2.35. The van der Waals surface area contributed by atoms with Gasteiger partial charge in [0.15, 0.2) is 0 Å². The Bertz CT molecular complexity index is 788. The molecule has 24 heavy (non-hydrogen) atoms. The van der Waals surface area contributed by atoms with Gasteiger partial charge in [0.25, 0.3) is 5.91 Å². The summed E-state index contributed by atoms with van der Waals surface area (Å²) in [6.45, 7) is 0.638. The second kappa shape index (κ2) is 7.05. The van der Waals surface area contributed by atoms with Crippen molar-refractivity contribution in [3.05, 3.63) is 64.2 Å². The number of esters is 1.